The third-order valence-electron chi connectivity index (χ3n) is 4.24. The SMILES string of the molecule is CCN[C@H](C)CNC(=O)C1CCCN(C(=O)c2ccccc2)C1. The van der Waals surface area contributed by atoms with Crippen LogP contribution in [0.4, 0.5) is 0 Å². The Balaban J connectivity index is 1.87. The summed E-state index contributed by atoms with van der Waals surface area (Å²) in [5.41, 5.74) is 0.689. The summed E-state index contributed by atoms with van der Waals surface area (Å²) in [6, 6.07) is 9.53. The van der Waals surface area contributed by atoms with Crippen LogP contribution < -0.4 is 10.6 Å². The molecule has 1 aromatic carbocycles. The van der Waals surface area contributed by atoms with Crippen LogP contribution in [0.5, 0.6) is 0 Å². The van der Waals surface area contributed by atoms with E-state index in [4.69, 9.17) is 0 Å². The fourth-order valence-electron chi connectivity index (χ4n) is 2.96. The van der Waals surface area contributed by atoms with E-state index in [1.807, 2.05) is 37.3 Å². The topological polar surface area (TPSA) is 61.4 Å². The number of carbonyl (C=O) groups is 2. The Morgan fingerprint density at radius 2 is 2.04 bits per heavy atom. The highest BCUT2D eigenvalue weighted by molar-refractivity contribution is 5.94. The second-order valence-corrected chi connectivity index (χ2v) is 6.16. The lowest BCUT2D eigenvalue weighted by Gasteiger charge is -2.32. The molecule has 2 rings (SSSR count). The number of amides is 2. The molecule has 1 fully saturated rings. The smallest absolute Gasteiger partial charge is 0.253 e. The Hall–Kier alpha value is -1.88. The van der Waals surface area contributed by atoms with E-state index in [1.165, 1.54) is 0 Å². The van der Waals surface area contributed by atoms with Crippen LogP contribution >= 0.6 is 0 Å². The lowest BCUT2D eigenvalue weighted by atomic mass is 9.96. The van der Waals surface area contributed by atoms with Gasteiger partial charge in [-0.2, -0.15) is 0 Å². The number of likely N-dealkylation sites (tertiary alicyclic amines) is 1. The van der Waals surface area contributed by atoms with Gasteiger partial charge in [-0.25, -0.2) is 0 Å². The van der Waals surface area contributed by atoms with Crippen LogP contribution in [0.15, 0.2) is 30.3 Å². The van der Waals surface area contributed by atoms with Gasteiger partial charge in [-0.05, 0) is 38.4 Å². The number of rotatable bonds is 6. The summed E-state index contributed by atoms with van der Waals surface area (Å²) >= 11 is 0. The number of hydrogen-bond donors (Lipinski definition) is 2. The van der Waals surface area contributed by atoms with E-state index in [9.17, 15) is 9.59 Å². The predicted octanol–water partition coefficient (Wildman–Crippen LogP) is 1.65. The van der Waals surface area contributed by atoms with E-state index in [0.29, 0.717) is 18.7 Å². The van der Waals surface area contributed by atoms with Gasteiger partial charge >= 0.3 is 0 Å². The molecule has 0 aromatic heterocycles. The number of hydrogen-bond acceptors (Lipinski definition) is 3. The lowest BCUT2D eigenvalue weighted by molar-refractivity contribution is -0.126. The van der Waals surface area contributed by atoms with E-state index in [1.54, 1.807) is 4.90 Å². The largest absolute Gasteiger partial charge is 0.354 e. The zero-order valence-corrected chi connectivity index (χ0v) is 14.0. The molecule has 0 saturated carbocycles. The molecule has 0 bridgehead atoms. The molecule has 1 saturated heterocycles. The molecule has 1 aliphatic rings. The molecule has 1 aromatic rings. The molecule has 0 aliphatic carbocycles. The molecular formula is C18H27N3O2. The van der Waals surface area contributed by atoms with Crippen molar-refractivity contribution in [1.29, 1.82) is 0 Å². The normalized spacial score (nSPS) is 19.2. The Labute approximate surface area is 138 Å². The minimum Gasteiger partial charge on any atom is -0.354 e. The highest BCUT2D eigenvalue weighted by Gasteiger charge is 2.28. The number of carbonyl (C=O) groups excluding carboxylic acids is 2. The van der Waals surface area contributed by atoms with Crippen LogP contribution in [0.25, 0.3) is 0 Å². The molecule has 1 unspecified atom stereocenters. The Morgan fingerprint density at radius 3 is 2.74 bits per heavy atom. The van der Waals surface area contributed by atoms with Crippen LogP contribution in [0.2, 0.25) is 0 Å². The molecule has 1 aliphatic heterocycles. The molecule has 126 valence electrons. The van der Waals surface area contributed by atoms with E-state index in [0.717, 1.165) is 25.9 Å². The molecule has 2 N–H and O–H groups in total. The number of nitrogens with zero attached hydrogens (tertiary/aromatic N) is 1. The summed E-state index contributed by atoms with van der Waals surface area (Å²) in [5, 5.41) is 6.27. The van der Waals surface area contributed by atoms with E-state index in [2.05, 4.69) is 17.6 Å². The van der Waals surface area contributed by atoms with Crippen LogP contribution in [-0.4, -0.2) is 48.9 Å². The number of piperidine rings is 1. The molecule has 1 heterocycles. The van der Waals surface area contributed by atoms with E-state index in [-0.39, 0.29) is 23.8 Å². The predicted molar refractivity (Wildman–Crippen MR) is 91.2 cm³/mol. The van der Waals surface area contributed by atoms with Crippen molar-refractivity contribution in [3.63, 3.8) is 0 Å². The monoisotopic (exact) mass is 317 g/mol. The van der Waals surface area contributed by atoms with Crippen molar-refractivity contribution in [1.82, 2.24) is 15.5 Å². The average molecular weight is 317 g/mol. The maximum absolute atomic E-state index is 12.5. The van der Waals surface area contributed by atoms with Crippen LogP contribution in [-0.2, 0) is 4.79 Å². The quantitative estimate of drug-likeness (QED) is 0.839. The van der Waals surface area contributed by atoms with Crippen molar-refractivity contribution in [2.45, 2.75) is 32.7 Å². The number of likely N-dealkylation sites (N-methyl/N-ethyl adjacent to an activating group) is 1. The Bertz CT molecular complexity index is 518. The summed E-state index contributed by atoms with van der Waals surface area (Å²) in [5.74, 6) is -0.0327. The number of benzene rings is 1. The maximum atomic E-state index is 12.5. The van der Waals surface area contributed by atoms with Gasteiger partial charge in [-0.15, -0.1) is 0 Å². The van der Waals surface area contributed by atoms with Crippen LogP contribution in [0.1, 0.15) is 37.0 Å². The van der Waals surface area contributed by atoms with Gasteiger partial charge in [0, 0.05) is 31.2 Å². The maximum Gasteiger partial charge on any atom is 0.253 e. The summed E-state index contributed by atoms with van der Waals surface area (Å²) in [6.07, 6.45) is 1.72. The molecule has 0 radical (unpaired) electrons. The van der Waals surface area contributed by atoms with Gasteiger partial charge < -0.3 is 15.5 Å². The minimum atomic E-state index is -0.106. The standard InChI is InChI=1S/C18H27N3O2/c1-3-19-14(2)12-20-17(22)16-10-7-11-21(13-16)18(23)15-8-5-4-6-9-15/h4-6,8-9,14,16,19H,3,7,10-13H2,1-2H3,(H,20,22)/t14-,16?/m1/s1. The van der Waals surface area contributed by atoms with Crippen molar-refractivity contribution in [3.05, 3.63) is 35.9 Å². The third kappa shape index (κ3) is 5.06. The van der Waals surface area contributed by atoms with Crippen molar-refractivity contribution >= 4 is 11.8 Å². The number of nitrogens with one attached hydrogen (secondary N) is 2. The summed E-state index contributed by atoms with van der Waals surface area (Å²) in [6.45, 7) is 6.85. The van der Waals surface area contributed by atoms with E-state index < -0.39 is 0 Å². The lowest BCUT2D eigenvalue weighted by Crippen LogP contribution is -2.47. The van der Waals surface area contributed by atoms with Gasteiger partial charge in [-0.1, -0.05) is 25.1 Å². The molecule has 0 spiro atoms. The summed E-state index contributed by atoms with van der Waals surface area (Å²) in [7, 11) is 0. The first-order valence-electron chi connectivity index (χ1n) is 8.47. The molecule has 5 nitrogen and oxygen atoms in total. The van der Waals surface area contributed by atoms with Gasteiger partial charge in [0.1, 0.15) is 0 Å². The van der Waals surface area contributed by atoms with Crippen molar-refractivity contribution in [3.8, 4) is 0 Å². The van der Waals surface area contributed by atoms with Gasteiger partial charge in [0.15, 0.2) is 0 Å². The molecule has 23 heavy (non-hydrogen) atoms. The van der Waals surface area contributed by atoms with Crippen molar-refractivity contribution in [2.75, 3.05) is 26.2 Å². The Kier molecular flexibility index (Phi) is 6.59. The summed E-state index contributed by atoms with van der Waals surface area (Å²) < 4.78 is 0. The molecule has 2 amide bonds. The van der Waals surface area contributed by atoms with Crippen LogP contribution in [0, 0.1) is 5.92 Å². The molecule has 5 heteroatoms. The van der Waals surface area contributed by atoms with Gasteiger partial charge in [0.05, 0.1) is 5.92 Å². The highest BCUT2D eigenvalue weighted by Crippen LogP contribution is 2.18. The second-order valence-electron chi connectivity index (χ2n) is 6.16. The van der Waals surface area contributed by atoms with Gasteiger partial charge in [-0.3, -0.25) is 9.59 Å². The first-order valence-corrected chi connectivity index (χ1v) is 8.47. The minimum absolute atomic E-state index is 0.0177. The zero-order valence-electron chi connectivity index (χ0n) is 14.0. The average Bonchev–Trinajstić information content (AvgIpc) is 2.60. The van der Waals surface area contributed by atoms with Crippen molar-refractivity contribution < 1.29 is 9.59 Å². The fraction of sp³-hybridized carbons (Fsp3) is 0.556. The Morgan fingerprint density at radius 1 is 1.30 bits per heavy atom. The molecular weight excluding hydrogens is 290 g/mol. The second kappa shape index (κ2) is 8.67. The highest BCUT2D eigenvalue weighted by atomic mass is 16.2. The first-order chi connectivity index (χ1) is 11.1. The first kappa shape index (κ1) is 17.5. The van der Waals surface area contributed by atoms with Gasteiger partial charge in [0.2, 0.25) is 5.91 Å². The zero-order chi connectivity index (χ0) is 16.7. The molecule has 2 atom stereocenters. The van der Waals surface area contributed by atoms with Gasteiger partial charge in [0.25, 0.3) is 5.91 Å². The third-order valence-corrected chi connectivity index (χ3v) is 4.24. The van der Waals surface area contributed by atoms with Crippen LogP contribution in [0.3, 0.4) is 0 Å². The van der Waals surface area contributed by atoms with E-state index >= 15 is 0 Å². The van der Waals surface area contributed by atoms with Crippen molar-refractivity contribution in [2.24, 2.45) is 5.92 Å². The fourth-order valence-corrected chi connectivity index (χ4v) is 2.96. The summed E-state index contributed by atoms with van der Waals surface area (Å²) in [4.78, 5) is 26.6.